The van der Waals surface area contributed by atoms with Crippen LogP contribution in [0.5, 0.6) is 0 Å². The van der Waals surface area contributed by atoms with Gasteiger partial charge in [-0.2, -0.15) is 0 Å². The van der Waals surface area contributed by atoms with Crippen molar-refractivity contribution in [2.45, 2.75) is 6.92 Å². The van der Waals surface area contributed by atoms with Crippen molar-refractivity contribution in [1.29, 1.82) is 0 Å². The van der Waals surface area contributed by atoms with E-state index >= 15 is 0 Å². The molecular weight excluding hydrogens is 460 g/mol. The summed E-state index contributed by atoms with van der Waals surface area (Å²) in [7, 11) is 0. The third-order valence-electron chi connectivity index (χ3n) is 6.26. The third kappa shape index (κ3) is 3.12. The van der Waals surface area contributed by atoms with Gasteiger partial charge < -0.3 is 4.42 Å². The lowest BCUT2D eigenvalue weighted by Gasteiger charge is -2.17. The van der Waals surface area contributed by atoms with Gasteiger partial charge in [-0.05, 0) is 85.7 Å². The molecule has 0 saturated carbocycles. The lowest BCUT2D eigenvalue weighted by atomic mass is 9.86. The van der Waals surface area contributed by atoms with E-state index in [1.807, 2.05) is 0 Å². The Labute approximate surface area is 250 Å². The molecule has 0 aliphatic carbocycles. The van der Waals surface area contributed by atoms with E-state index in [2.05, 4.69) is 0 Å². The topological polar surface area (TPSA) is 13.1 Å². The van der Waals surface area contributed by atoms with Crippen LogP contribution < -0.4 is 0 Å². The summed E-state index contributed by atoms with van der Waals surface area (Å²) in [5, 5.41) is -3.57. The number of hydrogen-bond acceptors (Lipinski definition) is 1. The molecule has 0 aliphatic rings. The van der Waals surface area contributed by atoms with Gasteiger partial charge in [0.05, 0.1) is 28.8 Å². The number of benzene rings is 7. The van der Waals surface area contributed by atoms with Crippen molar-refractivity contribution in [3.8, 4) is 22.3 Å². The van der Waals surface area contributed by atoms with Crippen molar-refractivity contribution < 1.29 is 33.2 Å². The van der Waals surface area contributed by atoms with E-state index in [4.69, 9.17) is 26.3 Å². The summed E-state index contributed by atoms with van der Waals surface area (Å²) in [4.78, 5) is 0. The fourth-order valence-corrected chi connectivity index (χ4v) is 4.67. The summed E-state index contributed by atoms with van der Waals surface area (Å²) in [5.41, 5.74) is -3.36. The van der Waals surface area contributed by atoms with Gasteiger partial charge in [-0.3, -0.25) is 0 Å². The van der Waals surface area contributed by atoms with Gasteiger partial charge in [0, 0.05) is 10.8 Å². The van der Waals surface area contributed by atoms with Crippen LogP contribution >= 0.6 is 0 Å². The maximum atomic E-state index is 9.68. The van der Waals surface area contributed by atoms with Gasteiger partial charge in [-0.25, -0.2) is 0 Å². The van der Waals surface area contributed by atoms with Gasteiger partial charge in [0.25, 0.3) is 0 Å². The van der Waals surface area contributed by atoms with E-state index < -0.39 is 170 Å². The molecule has 8 rings (SSSR count). The van der Waals surface area contributed by atoms with Crippen molar-refractivity contribution in [2.75, 3.05) is 0 Å². The SMILES string of the molecule is [2H]c1c([2H])c([2H])c(-c2c3c([2H])c([2H])c([2H])c([2H])c3c(-c3c([2H])c([2H])c4oc5c([2H])c6c([2H])c([2H])c(C)c([2H])c6c([2H])c5c4c3[2H])c3c([2H])c([2H])c([2H])c([2H])c23)c([2H])c1[2H]. The average molecular weight is 506 g/mol. The second kappa shape index (κ2) is 8.06. The summed E-state index contributed by atoms with van der Waals surface area (Å²) < 4.78 is 192. The van der Waals surface area contributed by atoms with E-state index in [1.165, 1.54) is 6.92 Å². The van der Waals surface area contributed by atoms with Crippen LogP contribution in [0, 0.1) is 6.92 Å². The Hall–Kier alpha value is -4.88. The first kappa shape index (κ1) is 9.15. The normalized spacial score (nSPS) is 19.6. The second-order valence-electron chi connectivity index (χ2n) is 8.51. The Morgan fingerprint density at radius 1 is 0.447 bits per heavy atom. The summed E-state index contributed by atoms with van der Waals surface area (Å²) in [6, 6.07) is -15.9. The minimum Gasteiger partial charge on any atom is -0.456 e. The summed E-state index contributed by atoms with van der Waals surface area (Å²) >= 11 is 0. The molecule has 0 aliphatic heterocycles. The summed E-state index contributed by atoms with van der Waals surface area (Å²) in [6.07, 6.45) is 0. The van der Waals surface area contributed by atoms with Crippen LogP contribution in [0.25, 0.3) is 76.5 Å². The Morgan fingerprint density at radius 2 is 1.05 bits per heavy atom. The van der Waals surface area contributed by atoms with E-state index in [9.17, 15) is 6.85 Å². The molecule has 0 bridgehead atoms. The van der Waals surface area contributed by atoms with Crippen molar-refractivity contribution in [3.05, 3.63) is 132 Å². The zero-order chi connectivity index (χ0) is 43.5. The fraction of sp³-hybridized carbons (Fsp3) is 0.0270. The fourth-order valence-electron chi connectivity index (χ4n) is 4.67. The number of hydrogen-bond donors (Lipinski definition) is 0. The standard InChI is InChI=1S/C37H24O/c1-23-15-16-25-22-35-33(21-27(25)19-23)32-20-26(17-18-34(32)38-35)37-30-13-7-5-11-28(30)36(24-9-3-2-4-10-24)29-12-6-8-14-31(29)37/h2-22H,1H3/i2D,3D,4D,5D,6D,7D,8D,9D,10D,11D,12D,13D,14D,15D,16D,17D,18D,19D,20D,21D,22D. The quantitative estimate of drug-likeness (QED) is 0.213. The molecule has 178 valence electrons. The molecule has 1 heterocycles. The lowest BCUT2D eigenvalue weighted by Crippen LogP contribution is -1.90. The van der Waals surface area contributed by atoms with E-state index in [0.717, 1.165) is 0 Å². The molecule has 0 atom stereocenters. The largest absolute Gasteiger partial charge is 0.456 e. The Morgan fingerprint density at radius 3 is 1.74 bits per heavy atom. The molecule has 0 saturated heterocycles. The molecule has 0 radical (unpaired) electrons. The first-order valence-corrected chi connectivity index (χ1v) is 11.4. The van der Waals surface area contributed by atoms with Gasteiger partial charge in [-0.15, -0.1) is 0 Å². The molecule has 0 fully saturated rings. The minimum atomic E-state index is -0.882. The molecule has 0 amide bonds. The second-order valence-corrected chi connectivity index (χ2v) is 8.51. The van der Waals surface area contributed by atoms with Crippen LogP contribution in [0.15, 0.2) is 131 Å². The highest BCUT2D eigenvalue weighted by atomic mass is 16.3. The molecule has 1 heteroatoms. The molecule has 0 N–H and O–H groups in total. The highest BCUT2D eigenvalue weighted by Gasteiger charge is 2.17. The molecule has 7 aromatic carbocycles. The van der Waals surface area contributed by atoms with Gasteiger partial charge in [-0.1, -0.05) is 108 Å². The molecule has 8 aromatic rings. The van der Waals surface area contributed by atoms with Gasteiger partial charge >= 0.3 is 0 Å². The van der Waals surface area contributed by atoms with E-state index in [-0.39, 0.29) is 39.2 Å². The van der Waals surface area contributed by atoms with Gasteiger partial charge in [0.15, 0.2) is 0 Å². The minimum absolute atomic E-state index is 0.0179. The molecule has 0 spiro atoms. The first-order chi connectivity index (χ1) is 27.5. The maximum Gasteiger partial charge on any atom is 0.136 e. The Bertz CT molecular complexity index is 3240. The predicted molar refractivity (Wildman–Crippen MR) is 162 cm³/mol. The zero-order valence-corrected chi connectivity index (χ0v) is 19.4. The number of rotatable bonds is 2. The predicted octanol–water partition coefficient (Wildman–Crippen LogP) is 10.7. The molecule has 1 aromatic heterocycles. The van der Waals surface area contributed by atoms with Gasteiger partial charge in [0.1, 0.15) is 11.2 Å². The van der Waals surface area contributed by atoms with Crippen molar-refractivity contribution >= 4 is 54.3 Å². The number of fused-ring (bicyclic) bond motifs is 6. The summed E-state index contributed by atoms with van der Waals surface area (Å²) in [5.74, 6) is 0. The van der Waals surface area contributed by atoms with E-state index in [0.29, 0.717) is 0 Å². The monoisotopic (exact) mass is 505 g/mol. The zero-order valence-electron chi connectivity index (χ0n) is 40.4. The van der Waals surface area contributed by atoms with Crippen LogP contribution in [-0.4, -0.2) is 0 Å². The van der Waals surface area contributed by atoms with Crippen LogP contribution in [0.3, 0.4) is 0 Å². The molecular formula is C37H24O. The Balaban J connectivity index is 1.74. The third-order valence-corrected chi connectivity index (χ3v) is 6.26. The smallest absolute Gasteiger partial charge is 0.136 e. The van der Waals surface area contributed by atoms with Crippen LogP contribution in [0.1, 0.15) is 34.3 Å². The maximum absolute atomic E-state index is 9.68. The molecule has 1 nitrogen and oxygen atoms in total. The summed E-state index contributed by atoms with van der Waals surface area (Å²) in [6.45, 7) is 1.39. The Kier molecular flexibility index (Phi) is 1.94. The highest BCUT2D eigenvalue weighted by Crippen LogP contribution is 2.44. The van der Waals surface area contributed by atoms with Crippen LogP contribution in [0.2, 0.25) is 0 Å². The van der Waals surface area contributed by atoms with Crippen molar-refractivity contribution in [3.63, 3.8) is 0 Å². The highest BCUT2D eigenvalue weighted by molar-refractivity contribution is 6.22. The van der Waals surface area contributed by atoms with Crippen molar-refractivity contribution in [2.24, 2.45) is 0 Å². The van der Waals surface area contributed by atoms with Gasteiger partial charge in [0.2, 0.25) is 0 Å². The lowest BCUT2D eigenvalue weighted by molar-refractivity contribution is 0.669. The molecule has 0 unspecified atom stereocenters. The van der Waals surface area contributed by atoms with E-state index in [1.54, 1.807) is 0 Å². The van der Waals surface area contributed by atoms with Crippen LogP contribution in [0.4, 0.5) is 0 Å². The first-order valence-electron chi connectivity index (χ1n) is 21.9. The number of furan rings is 1. The molecule has 38 heavy (non-hydrogen) atoms. The van der Waals surface area contributed by atoms with Crippen molar-refractivity contribution in [1.82, 2.24) is 0 Å². The van der Waals surface area contributed by atoms with Crippen LogP contribution in [-0.2, 0) is 0 Å². The average Bonchev–Trinajstić information content (AvgIpc) is 3.62.